The molecule has 128 valence electrons. The molecule has 24 heavy (non-hydrogen) atoms. The highest BCUT2D eigenvalue weighted by Crippen LogP contribution is 2.37. The molecule has 2 rings (SSSR count). The van der Waals surface area contributed by atoms with Crippen molar-refractivity contribution in [1.29, 1.82) is 0 Å². The number of hydrogen-bond acceptors (Lipinski definition) is 6. The first-order valence-electron chi connectivity index (χ1n) is 7.77. The van der Waals surface area contributed by atoms with Crippen molar-refractivity contribution in [3.05, 3.63) is 40.4 Å². The lowest BCUT2D eigenvalue weighted by Gasteiger charge is -2.18. The van der Waals surface area contributed by atoms with Crippen molar-refractivity contribution < 1.29 is 14.5 Å². The summed E-state index contributed by atoms with van der Waals surface area (Å²) in [7, 11) is 0. The van der Waals surface area contributed by atoms with Gasteiger partial charge in [-0.2, -0.15) is 0 Å². The first-order chi connectivity index (χ1) is 11.6. The topological polar surface area (TPSA) is 72.7 Å². The van der Waals surface area contributed by atoms with E-state index in [1.807, 2.05) is 0 Å². The van der Waals surface area contributed by atoms with E-state index >= 15 is 0 Å². The van der Waals surface area contributed by atoms with Crippen molar-refractivity contribution in [2.45, 2.75) is 18.7 Å². The fraction of sp³-hybridized carbons (Fsp3) is 0.353. The number of nitrogens with zero attached hydrogens (tertiary/aromatic N) is 2. The van der Waals surface area contributed by atoms with Crippen molar-refractivity contribution in [3.63, 3.8) is 0 Å². The van der Waals surface area contributed by atoms with Gasteiger partial charge in [-0.3, -0.25) is 14.9 Å². The molecule has 0 saturated heterocycles. The van der Waals surface area contributed by atoms with Crippen LogP contribution >= 0.6 is 11.8 Å². The molecule has 0 fully saturated rings. The molecule has 0 aliphatic rings. The highest BCUT2D eigenvalue weighted by Gasteiger charge is 2.13. The Labute approximate surface area is 144 Å². The van der Waals surface area contributed by atoms with Crippen LogP contribution in [0.4, 0.5) is 5.69 Å². The zero-order valence-corrected chi connectivity index (χ0v) is 14.5. The summed E-state index contributed by atoms with van der Waals surface area (Å²) >= 11 is 1.59. The van der Waals surface area contributed by atoms with Crippen molar-refractivity contribution in [2.75, 3.05) is 25.4 Å². The molecule has 0 amide bonds. The van der Waals surface area contributed by atoms with Gasteiger partial charge in [0.2, 0.25) is 0 Å². The summed E-state index contributed by atoms with van der Waals surface area (Å²) in [5.74, 6) is 1.32. The Balaban J connectivity index is 2.34. The number of thioether (sulfide) groups is 1. The molecule has 0 unspecified atom stereocenters. The van der Waals surface area contributed by atoms with Crippen LogP contribution < -0.4 is 4.74 Å². The van der Waals surface area contributed by atoms with Gasteiger partial charge in [-0.05, 0) is 36.0 Å². The van der Waals surface area contributed by atoms with Crippen molar-refractivity contribution in [3.8, 4) is 5.75 Å². The number of rotatable bonds is 9. The molecule has 0 radical (unpaired) electrons. The van der Waals surface area contributed by atoms with E-state index in [-0.39, 0.29) is 5.69 Å². The summed E-state index contributed by atoms with van der Waals surface area (Å²) in [5, 5.41) is 12.5. The van der Waals surface area contributed by atoms with Gasteiger partial charge in [0.05, 0.1) is 9.82 Å². The number of benzene rings is 2. The van der Waals surface area contributed by atoms with Gasteiger partial charge in [0.1, 0.15) is 5.75 Å². The van der Waals surface area contributed by atoms with Gasteiger partial charge in [0, 0.05) is 24.4 Å². The van der Waals surface area contributed by atoms with Crippen LogP contribution in [0, 0.1) is 10.1 Å². The van der Waals surface area contributed by atoms with E-state index < -0.39 is 4.92 Å². The smallest absolute Gasteiger partial charge is 0.298 e. The van der Waals surface area contributed by atoms with E-state index in [0.29, 0.717) is 12.2 Å². The van der Waals surface area contributed by atoms with Crippen LogP contribution in [0.5, 0.6) is 5.75 Å². The second-order valence-electron chi connectivity index (χ2n) is 5.14. The molecule has 0 bridgehead atoms. The fourth-order valence-corrected chi connectivity index (χ4v) is 3.65. The molecular formula is C17H20N2O4S. The standard InChI is InChI=1S/C17H20N2O4S/c1-3-18(4-2)9-10-24-17-15-7-6-14(19(21)22)11-13(15)5-8-16(17)23-12-20/h5-8,11-12H,3-4,9-10H2,1-2H3. The minimum absolute atomic E-state index is 0.0469. The summed E-state index contributed by atoms with van der Waals surface area (Å²) in [6.45, 7) is 7.52. The molecule has 0 N–H and O–H groups in total. The zero-order chi connectivity index (χ0) is 17.5. The molecular weight excluding hydrogens is 328 g/mol. The summed E-state index contributed by atoms with van der Waals surface area (Å²) in [5.41, 5.74) is 0.0469. The number of non-ortho nitro benzene ring substituents is 1. The third-order valence-electron chi connectivity index (χ3n) is 3.85. The predicted molar refractivity (Wildman–Crippen MR) is 95.8 cm³/mol. The maximum Gasteiger partial charge on any atom is 0.298 e. The molecule has 0 saturated carbocycles. The number of carbonyl (C=O) groups is 1. The largest absolute Gasteiger partial charge is 0.428 e. The number of nitro groups is 1. The van der Waals surface area contributed by atoms with Crippen LogP contribution in [-0.4, -0.2) is 41.7 Å². The third-order valence-corrected chi connectivity index (χ3v) is 4.95. The number of carbonyl (C=O) groups excluding carboxylic acids is 1. The molecule has 0 aromatic heterocycles. The molecule has 0 spiro atoms. The Hall–Kier alpha value is -2.12. The minimum Gasteiger partial charge on any atom is -0.428 e. The number of ether oxygens (including phenoxy) is 1. The molecule has 0 aliphatic heterocycles. The van der Waals surface area contributed by atoms with Crippen LogP contribution in [-0.2, 0) is 4.79 Å². The van der Waals surface area contributed by atoms with Crippen LogP contribution in [0.3, 0.4) is 0 Å². The Morgan fingerprint density at radius 1 is 1.25 bits per heavy atom. The van der Waals surface area contributed by atoms with Gasteiger partial charge in [-0.1, -0.05) is 19.9 Å². The van der Waals surface area contributed by atoms with Gasteiger partial charge in [0.15, 0.2) is 0 Å². The van der Waals surface area contributed by atoms with Crippen LogP contribution in [0.25, 0.3) is 10.8 Å². The molecule has 6 nitrogen and oxygen atoms in total. The van der Waals surface area contributed by atoms with E-state index in [0.717, 1.165) is 41.1 Å². The van der Waals surface area contributed by atoms with Gasteiger partial charge < -0.3 is 9.64 Å². The predicted octanol–water partition coefficient (Wildman–Crippen LogP) is 3.72. The van der Waals surface area contributed by atoms with Crippen molar-refractivity contribution in [1.82, 2.24) is 4.90 Å². The lowest BCUT2D eigenvalue weighted by atomic mass is 10.1. The lowest BCUT2D eigenvalue weighted by Crippen LogP contribution is -2.25. The summed E-state index contributed by atoms with van der Waals surface area (Å²) in [6.07, 6.45) is 0. The van der Waals surface area contributed by atoms with Gasteiger partial charge >= 0.3 is 0 Å². The maximum atomic E-state index is 10.9. The minimum atomic E-state index is -0.414. The van der Waals surface area contributed by atoms with Crippen molar-refractivity contribution >= 4 is 34.7 Å². The molecule has 2 aromatic rings. The summed E-state index contributed by atoms with van der Waals surface area (Å²) < 4.78 is 5.08. The Kier molecular flexibility index (Phi) is 6.57. The molecule has 2 aromatic carbocycles. The molecule has 0 atom stereocenters. The SMILES string of the molecule is CCN(CC)CCSc1c(OC=O)ccc2cc([N+](=O)[O-])ccc12. The van der Waals surface area contributed by atoms with Gasteiger partial charge in [-0.15, -0.1) is 11.8 Å². The van der Waals surface area contributed by atoms with E-state index in [2.05, 4.69) is 18.7 Å². The summed E-state index contributed by atoms with van der Waals surface area (Å²) in [6, 6.07) is 8.14. The molecule has 0 heterocycles. The van der Waals surface area contributed by atoms with E-state index in [1.165, 1.54) is 12.1 Å². The number of nitro benzene ring substituents is 1. The monoisotopic (exact) mass is 348 g/mol. The molecule has 7 heteroatoms. The maximum absolute atomic E-state index is 10.9. The highest BCUT2D eigenvalue weighted by molar-refractivity contribution is 7.99. The third kappa shape index (κ3) is 4.24. The average Bonchev–Trinajstić information content (AvgIpc) is 2.59. The van der Waals surface area contributed by atoms with Gasteiger partial charge in [0.25, 0.3) is 12.2 Å². The zero-order valence-electron chi connectivity index (χ0n) is 13.7. The fourth-order valence-electron chi connectivity index (χ4n) is 2.49. The number of hydrogen-bond donors (Lipinski definition) is 0. The second-order valence-corrected chi connectivity index (χ2v) is 6.25. The number of fused-ring (bicyclic) bond motifs is 1. The Morgan fingerprint density at radius 3 is 2.62 bits per heavy atom. The van der Waals surface area contributed by atoms with E-state index in [9.17, 15) is 14.9 Å². The first kappa shape index (κ1) is 18.2. The first-order valence-corrected chi connectivity index (χ1v) is 8.75. The van der Waals surface area contributed by atoms with Crippen LogP contribution in [0.1, 0.15) is 13.8 Å². The quantitative estimate of drug-likeness (QED) is 0.298. The van der Waals surface area contributed by atoms with Crippen LogP contribution in [0.2, 0.25) is 0 Å². The average molecular weight is 348 g/mol. The Morgan fingerprint density at radius 2 is 2.00 bits per heavy atom. The van der Waals surface area contributed by atoms with E-state index in [4.69, 9.17) is 4.74 Å². The second kappa shape index (κ2) is 8.65. The normalized spacial score (nSPS) is 11.0. The van der Waals surface area contributed by atoms with Gasteiger partial charge in [-0.25, -0.2) is 0 Å². The van der Waals surface area contributed by atoms with Crippen molar-refractivity contribution in [2.24, 2.45) is 0 Å². The Bertz CT molecular complexity index is 732. The summed E-state index contributed by atoms with van der Waals surface area (Å²) in [4.78, 5) is 24.4. The van der Waals surface area contributed by atoms with Crippen LogP contribution in [0.15, 0.2) is 35.2 Å². The lowest BCUT2D eigenvalue weighted by molar-refractivity contribution is -0.384. The van der Waals surface area contributed by atoms with E-state index in [1.54, 1.807) is 30.0 Å². The molecule has 0 aliphatic carbocycles. The highest BCUT2D eigenvalue weighted by atomic mass is 32.2.